The van der Waals surface area contributed by atoms with Gasteiger partial charge in [-0.25, -0.2) is 8.42 Å². The van der Waals surface area contributed by atoms with E-state index in [-0.39, 0.29) is 10.8 Å². The van der Waals surface area contributed by atoms with Gasteiger partial charge in [-0.3, -0.25) is 9.71 Å². The van der Waals surface area contributed by atoms with Crippen LogP contribution in [-0.2, 0) is 16.4 Å². The molecule has 0 saturated carbocycles. The molecule has 0 aliphatic rings. The lowest BCUT2D eigenvalue weighted by atomic mass is 10.1. The highest BCUT2D eigenvalue weighted by Gasteiger charge is 2.19. The maximum atomic E-state index is 13.0. The number of benzene rings is 3. The number of hydrogen-bond donors (Lipinski definition) is 3. The number of aromatic nitrogens is 3. The van der Waals surface area contributed by atoms with Crippen LogP contribution in [0, 0.1) is 0 Å². The van der Waals surface area contributed by atoms with Gasteiger partial charge >= 0.3 is 0 Å². The molecule has 1 atom stereocenters. The first kappa shape index (κ1) is 29.7. The van der Waals surface area contributed by atoms with Crippen molar-refractivity contribution in [3.8, 4) is 34.3 Å². The topological polar surface area (TPSA) is 149 Å². The molecule has 5 aromatic rings. The van der Waals surface area contributed by atoms with Gasteiger partial charge in [-0.1, -0.05) is 29.4 Å². The number of para-hydroxylation sites is 1. The van der Waals surface area contributed by atoms with Crippen LogP contribution in [0.4, 0.5) is 5.69 Å². The molecule has 11 nitrogen and oxygen atoms in total. The van der Waals surface area contributed by atoms with Gasteiger partial charge in [-0.05, 0) is 73.1 Å². The standard InChI is InChI=1S/C31H31N5O6S/c1-40-28-7-3-6-26(29(28)41-2)31-34-30(35-42-31)22-10-14-25(15-11-22)43(38,39)36-24-12-8-21(9-13-24)16-18-33-20-27(37)23-5-4-17-32-19-23/h3-15,17,19,27,33,36-37H,16,18,20H2,1-2H3. The Morgan fingerprint density at radius 2 is 1.74 bits per heavy atom. The number of anilines is 1. The van der Waals surface area contributed by atoms with Crippen LogP contribution in [0.15, 0.2) is 101 Å². The Bertz CT molecular complexity index is 1740. The Morgan fingerprint density at radius 1 is 0.953 bits per heavy atom. The number of rotatable bonds is 13. The number of aliphatic hydroxyl groups is 1. The van der Waals surface area contributed by atoms with Crippen molar-refractivity contribution in [3.63, 3.8) is 0 Å². The smallest absolute Gasteiger partial charge is 0.262 e. The van der Waals surface area contributed by atoms with E-state index >= 15 is 0 Å². The summed E-state index contributed by atoms with van der Waals surface area (Å²) < 4.78 is 44.9. The molecule has 0 fully saturated rings. The normalized spacial score (nSPS) is 12.1. The van der Waals surface area contributed by atoms with E-state index in [0.29, 0.717) is 47.2 Å². The van der Waals surface area contributed by atoms with Crippen molar-refractivity contribution >= 4 is 15.7 Å². The largest absolute Gasteiger partial charge is 0.493 e. The van der Waals surface area contributed by atoms with Crippen molar-refractivity contribution in [2.45, 2.75) is 17.4 Å². The highest BCUT2D eigenvalue weighted by atomic mass is 32.2. The fourth-order valence-corrected chi connectivity index (χ4v) is 5.46. The van der Waals surface area contributed by atoms with Crippen LogP contribution in [0.3, 0.4) is 0 Å². The van der Waals surface area contributed by atoms with Gasteiger partial charge in [0.1, 0.15) is 0 Å². The zero-order valence-corrected chi connectivity index (χ0v) is 24.4. The molecule has 12 heteroatoms. The number of sulfonamides is 1. The average Bonchev–Trinajstić information content (AvgIpc) is 3.54. The summed E-state index contributed by atoms with van der Waals surface area (Å²) in [6.45, 7) is 1.07. The second-order valence-electron chi connectivity index (χ2n) is 9.55. The van der Waals surface area contributed by atoms with Gasteiger partial charge in [0.2, 0.25) is 5.82 Å². The number of aliphatic hydroxyl groups excluding tert-OH is 1. The van der Waals surface area contributed by atoms with Crippen LogP contribution in [0.1, 0.15) is 17.2 Å². The van der Waals surface area contributed by atoms with Crippen molar-refractivity contribution in [2.75, 3.05) is 32.0 Å². The van der Waals surface area contributed by atoms with Crippen LogP contribution >= 0.6 is 0 Å². The molecule has 0 saturated heterocycles. The third-order valence-corrected chi connectivity index (χ3v) is 8.08. The lowest BCUT2D eigenvalue weighted by Gasteiger charge is -2.12. The molecule has 3 N–H and O–H groups in total. The second-order valence-corrected chi connectivity index (χ2v) is 11.2. The minimum atomic E-state index is -3.83. The second kappa shape index (κ2) is 13.5. The molecule has 2 heterocycles. The fraction of sp³-hybridized carbons (Fsp3) is 0.194. The summed E-state index contributed by atoms with van der Waals surface area (Å²) in [5.74, 6) is 1.54. The maximum absolute atomic E-state index is 13.0. The zero-order chi connectivity index (χ0) is 30.2. The number of nitrogens with one attached hydrogen (secondary N) is 2. The van der Waals surface area contributed by atoms with Gasteiger partial charge in [0, 0.05) is 35.8 Å². The SMILES string of the molecule is COc1cccc(-c2nc(-c3ccc(S(=O)(=O)Nc4ccc(CCNCC(O)c5cccnc5)cc4)cc3)no2)c1OC. The van der Waals surface area contributed by atoms with E-state index in [0.717, 1.165) is 17.5 Å². The Balaban J connectivity index is 1.17. The van der Waals surface area contributed by atoms with E-state index in [2.05, 4.69) is 25.2 Å². The number of hydrogen-bond acceptors (Lipinski definition) is 10. The highest BCUT2D eigenvalue weighted by Crippen LogP contribution is 2.37. The van der Waals surface area contributed by atoms with E-state index in [1.54, 1.807) is 68.0 Å². The fourth-order valence-electron chi connectivity index (χ4n) is 4.40. The predicted octanol–water partition coefficient (Wildman–Crippen LogP) is 4.48. The molecule has 0 spiro atoms. The number of methoxy groups -OCH3 is 2. The van der Waals surface area contributed by atoms with Crippen LogP contribution in [-0.4, -0.2) is 56.0 Å². The Morgan fingerprint density at radius 3 is 2.44 bits per heavy atom. The minimum absolute atomic E-state index is 0.0925. The van der Waals surface area contributed by atoms with E-state index in [1.807, 2.05) is 18.2 Å². The van der Waals surface area contributed by atoms with Gasteiger partial charge in [-0.2, -0.15) is 4.98 Å². The van der Waals surface area contributed by atoms with Crippen LogP contribution < -0.4 is 19.5 Å². The molecule has 0 amide bonds. The number of nitrogens with zero attached hydrogens (tertiary/aromatic N) is 3. The van der Waals surface area contributed by atoms with Crippen molar-refractivity contribution in [1.82, 2.24) is 20.4 Å². The van der Waals surface area contributed by atoms with E-state index in [9.17, 15) is 13.5 Å². The van der Waals surface area contributed by atoms with E-state index in [1.165, 1.54) is 19.2 Å². The van der Waals surface area contributed by atoms with Crippen molar-refractivity contribution < 1.29 is 27.5 Å². The zero-order valence-electron chi connectivity index (χ0n) is 23.6. The quantitative estimate of drug-likeness (QED) is 0.165. The first-order chi connectivity index (χ1) is 20.9. The van der Waals surface area contributed by atoms with Crippen molar-refractivity contribution in [1.29, 1.82) is 0 Å². The number of ether oxygens (including phenoxy) is 2. The molecule has 0 aliphatic heterocycles. The minimum Gasteiger partial charge on any atom is -0.493 e. The van der Waals surface area contributed by atoms with E-state index < -0.39 is 16.1 Å². The summed E-state index contributed by atoms with van der Waals surface area (Å²) >= 11 is 0. The molecule has 1 unspecified atom stereocenters. The summed E-state index contributed by atoms with van der Waals surface area (Å²) in [5.41, 5.74) is 3.40. The summed E-state index contributed by atoms with van der Waals surface area (Å²) in [4.78, 5) is 8.57. The average molecular weight is 602 g/mol. The molecule has 3 aromatic carbocycles. The monoisotopic (exact) mass is 601 g/mol. The van der Waals surface area contributed by atoms with Gasteiger partial charge in [-0.15, -0.1) is 0 Å². The lowest BCUT2D eigenvalue weighted by molar-refractivity contribution is 0.174. The lowest BCUT2D eigenvalue weighted by Crippen LogP contribution is -2.23. The Hall–Kier alpha value is -4.78. The first-order valence-corrected chi connectivity index (χ1v) is 14.9. The van der Waals surface area contributed by atoms with Gasteiger partial charge in [0.05, 0.1) is 30.8 Å². The first-order valence-electron chi connectivity index (χ1n) is 13.4. The number of pyridine rings is 1. The van der Waals surface area contributed by atoms with Crippen molar-refractivity contribution in [2.24, 2.45) is 0 Å². The third kappa shape index (κ3) is 7.17. The highest BCUT2D eigenvalue weighted by molar-refractivity contribution is 7.92. The molecule has 2 aromatic heterocycles. The summed E-state index contributed by atoms with van der Waals surface area (Å²) in [5, 5.41) is 17.5. The van der Waals surface area contributed by atoms with Crippen LogP contribution in [0.25, 0.3) is 22.8 Å². The van der Waals surface area contributed by atoms with Crippen LogP contribution in [0.5, 0.6) is 11.5 Å². The summed E-state index contributed by atoms with van der Waals surface area (Å²) in [7, 11) is -0.759. The molecule has 0 aliphatic carbocycles. The Labute approximate surface area is 249 Å². The van der Waals surface area contributed by atoms with Crippen molar-refractivity contribution in [3.05, 3.63) is 102 Å². The maximum Gasteiger partial charge on any atom is 0.262 e. The van der Waals surface area contributed by atoms with Gasteiger partial charge in [0.15, 0.2) is 11.5 Å². The summed E-state index contributed by atoms with van der Waals surface area (Å²) in [6.07, 6.45) is 3.40. The molecule has 222 valence electrons. The van der Waals surface area contributed by atoms with Gasteiger partial charge < -0.3 is 24.4 Å². The van der Waals surface area contributed by atoms with Crippen LogP contribution in [0.2, 0.25) is 0 Å². The third-order valence-electron chi connectivity index (χ3n) is 6.69. The molecular weight excluding hydrogens is 570 g/mol. The summed E-state index contributed by atoms with van der Waals surface area (Å²) in [6, 6.07) is 22.3. The Kier molecular flexibility index (Phi) is 9.30. The van der Waals surface area contributed by atoms with Gasteiger partial charge in [0.25, 0.3) is 15.9 Å². The molecule has 5 rings (SSSR count). The van der Waals surface area contributed by atoms with E-state index in [4.69, 9.17) is 14.0 Å². The molecule has 43 heavy (non-hydrogen) atoms. The predicted molar refractivity (Wildman–Crippen MR) is 161 cm³/mol. The molecule has 0 bridgehead atoms. The molecule has 0 radical (unpaired) electrons. The molecular formula is C31H31N5O6S.